The number of ether oxygens (including phenoxy) is 1. The minimum absolute atomic E-state index is 0.199. The van der Waals surface area contributed by atoms with Crippen LogP contribution in [0.2, 0.25) is 0 Å². The Bertz CT molecular complexity index is 774. The van der Waals surface area contributed by atoms with Gasteiger partial charge in [-0.2, -0.15) is 0 Å². The maximum absolute atomic E-state index is 12.6. The van der Waals surface area contributed by atoms with E-state index in [0.29, 0.717) is 18.5 Å². The van der Waals surface area contributed by atoms with Crippen molar-refractivity contribution in [2.45, 2.75) is 51.9 Å². The molecule has 26 heavy (non-hydrogen) atoms. The SMILES string of the molecule is CC(C)OC(=O)NCc1ccc2c(c1)C[15N](C1CCC(=O)NC1=O)C2=O. The number of carbonyl (C=O) groups excluding carboxylic acids is 4. The summed E-state index contributed by atoms with van der Waals surface area (Å²) in [6.07, 6.45) is -0.139. The van der Waals surface area contributed by atoms with E-state index < -0.39 is 18.0 Å². The molecule has 3 rings (SSSR count). The Morgan fingerprint density at radius 1 is 1.35 bits per heavy atom. The fraction of sp³-hybridized carbons (Fsp3) is 0.444. The van der Waals surface area contributed by atoms with Gasteiger partial charge in [-0.3, -0.25) is 19.7 Å². The molecule has 4 amide bonds. The van der Waals surface area contributed by atoms with Crippen LogP contribution < -0.4 is 10.6 Å². The van der Waals surface area contributed by atoms with Crippen molar-refractivity contribution in [1.29, 1.82) is 0 Å². The number of rotatable bonds is 4. The van der Waals surface area contributed by atoms with Crippen molar-refractivity contribution in [2.24, 2.45) is 0 Å². The van der Waals surface area contributed by atoms with Crippen LogP contribution in [0.1, 0.15) is 48.2 Å². The fourth-order valence-corrected chi connectivity index (χ4v) is 3.17. The zero-order valence-corrected chi connectivity index (χ0v) is 14.7. The van der Waals surface area contributed by atoms with E-state index in [-0.39, 0.29) is 30.9 Å². The third-order valence-corrected chi connectivity index (χ3v) is 4.37. The number of nitrogens with one attached hydrogen (secondary N) is 2. The topological polar surface area (TPSA) is 105 Å². The van der Waals surface area contributed by atoms with Crippen molar-refractivity contribution in [3.8, 4) is 0 Å². The molecule has 0 spiro atoms. The van der Waals surface area contributed by atoms with Gasteiger partial charge in [0.15, 0.2) is 0 Å². The number of hydrogen-bond acceptors (Lipinski definition) is 5. The Hall–Kier alpha value is -2.90. The van der Waals surface area contributed by atoms with Gasteiger partial charge in [-0.15, -0.1) is 0 Å². The molecule has 0 saturated carbocycles. The van der Waals surface area contributed by atoms with Crippen LogP contribution in [-0.4, -0.2) is 40.9 Å². The van der Waals surface area contributed by atoms with Gasteiger partial charge in [-0.05, 0) is 37.5 Å². The highest BCUT2D eigenvalue weighted by molar-refractivity contribution is 6.05. The maximum atomic E-state index is 12.6. The molecule has 1 aromatic carbocycles. The zero-order valence-electron chi connectivity index (χ0n) is 14.7. The van der Waals surface area contributed by atoms with E-state index in [1.807, 2.05) is 6.07 Å². The summed E-state index contributed by atoms with van der Waals surface area (Å²) < 4.78 is 5.01. The molecule has 2 aliphatic heterocycles. The molecule has 8 nitrogen and oxygen atoms in total. The largest absolute Gasteiger partial charge is 0.447 e. The van der Waals surface area contributed by atoms with Gasteiger partial charge in [-0.25, -0.2) is 4.79 Å². The molecule has 1 aromatic rings. The van der Waals surface area contributed by atoms with Gasteiger partial charge in [0.25, 0.3) is 5.91 Å². The number of hydrogen-bond donors (Lipinski definition) is 2. The van der Waals surface area contributed by atoms with Crippen LogP contribution in [0.4, 0.5) is 4.79 Å². The normalized spacial score (nSPS) is 19.4. The zero-order chi connectivity index (χ0) is 18.8. The van der Waals surface area contributed by atoms with Gasteiger partial charge in [0.1, 0.15) is 6.04 Å². The lowest BCUT2D eigenvalue weighted by Gasteiger charge is -2.29. The Morgan fingerprint density at radius 2 is 2.12 bits per heavy atom. The van der Waals surface area contributed by atoms with E-state index >= 15 is 0 Å². The minimum Gasteiger partial charge on any atom is -0.447 e. The molecule has 1 atom stereocenters. The summed E-state index contributed by atoms with van der Waals surface area (Å²) in [4.78, 5) is 49.0. The average Bonchev–Trinajstić information content (AvgIpc) is 2.88. The molecule has 2 heterocycles. The molecule has 2 N–H and O–H groups in total. The van der Waals surface area contributed by atoms with Gasteiger partial charge in [0.05, 0.1) is 6.10 Å². The molecule has 1 unspecified atom stereocenters. The van der Waals surface area contributed by atoms with Crippen LogP contribution >= 0.6 is 0 Å². The molecule has 0 radical (unpaired) electrons. The molecular weight excluding hydrogens is 339 g/mol. The summed E-state index contributed by atoms with van der Waals surface area (Å²) in [5.74, 6) is -0.953. The van der Waals surface area contributed by atoms with E-state index in [2.05, 4.69) is 10.6 Å². The quantitative estimate of drug-likeness (QED) is 0.618. The second-order valence-electron chi connectivity index (χ2n) is 6.70. The average molecular weight is 360 g/mol. The van der Waals surface area contributed by atoms with Crippen molar-refractivity contribution >= 4 is 23.8 Å². The first-order chi connectivity index (χ1) is 12.3. The summed E-state index contributed by atoms with van der Waals surface area (Å²) in [5.41, 5.74) is 2.18. The predicted octanol–water partition coefficient (Wildman–Crippen LogP) is 1.08. The predicted molar refractivity (Wildman–Crippen MR) is 90.9 cm³/mol. The Balaban J connectivity index is 1.67. The van der Waals surface area contributed by atoms with Crippen LogP contribution in [0, 0.1) is 0 Å². The molecule has 2 aliphatic rings. The van der Waals surface area contributed by atoms with Crippen LogP contribution in [0.3, 0.4) is 0 Å². The fourth-order valence-electron chi connectivity index (χ4n) is 3.17. The first-order valence-corrected chi connectivity index (χ1v) is 8.56. The second-order valence-corrected chi connectivity index (χ2v) is 6.70. The number of imide groups is 1. The lowest BCUT2D eigenvalue weighted by molar-refractivity contribution is -0.136. The van der Waals surface area contributed by atoms with E-state index in [0.717, 1.165) is 11.1 Å². The highest BCUT2D eigenvalue weighted by Gasteiger charge is 2.38. The third-order valence-electron chi connectivity index (χ3n) is 4.37. The molecule has 138 valence electrons. The maximum Gasteiger partial charge on any atom is 0.407 e. The number of alkyl carbamates (subject to hydrolysis) is 1. The number of carbonyl (C=O) groups is 4. The Morgan fingerprint density at radius 3 is 2.81 bits per heavy atom. The van der Waals surface area contributed by atoms with Gasteiger partial charge in [-0.1, -0.05) is 12.1 Å². The molecule has 1 fully saturated rings. The lowest BCUT2D eigenvalue weighted by Crippen LogP contribution is -2.52. The lowest BCUT2D eigenvalue weighted by atomic mass is 10.1. The van der Waals surface area contributed by atoms with Gasteiger partial charge in [0, 0.05) is 25.1 Å². The van der Waals surface area contributed by atoms with E-state index in [1.165, 1.54) is 4.90 Å². The summed E-state index contributed by atoms with van der Waals surface area (Å²) in [5, 5.41) is 4.94. The summed E-state index contributed by atoms with van der Waals surface area (Å²) >= 11 is 0. The van der Waals surface area contributed by atoms with Gasteiger partial charge in [0.2, 0.25) is 11.8 Å². The smallest absolute Gasteiger partial charge is 0.407 e. The van der Waals surface area contributed by atoms with Crippen molar-refractivity contribution in [3.05, 3.63) is 34.9 Å². The number of benzene rings is 1. The molecule has 1 saturated heterocycles. The highest BCUT2D eigenvalue weighted by atomic mass is 16.6. The number of fused-ring (bicyclic) bond motifs is 1. The number of nitrogens with zero attached hydrogens (tertiary/aromatic N) is 1. The van der Waals surface area contributed by atoms with Crippen molar-refractivity contribution in [3.63, 3.8) is 0 Å². The molecular formula is C18H21N3O5. The van der Waals surface area contributed by atoms with Gasteiger partial charge >= 0.3 is 6.09 Å². The Kier molecular flexibility index (Phi) is 4.92. The number of amides is 4. The summed E-state index contributed by atoms with van der Waals surface area (Å²) in [7, 11) is 0. The van der Waals surface area contributed by atoms with E-state index in [1.54, 1.807) is 26.0 Å². The molecule has 0 aliphatic carbocycles. The summed E-state index contributed by atoms with van der Waals surface area (Å²) in [6.45, 7) is 4.13. The highest BCUT2D eigenvalue weighted by Crippen LogP contribution is 2.28. The third kappa shape index (κ3) is 3.68. The molecule has 0 aromatic heterocycles. The first kappa shape index (κ1) is 17.9. The number of piperidine rings is 1. The molecule has 0 bridgehead atoms. The van der Waals surface area contributed by atoms with Crippen LogP contribution in [0.25, 0.3) is 0 Å². The first-order valence-electron chi connectivity index (χ1n) is 8.56. The standard InChI is InChI=1S/C18H21N3O5/c1-10(2)26-18(25)19-8-11-3-4-13-12(7-11)9-21(17(13)24)14-5-6-15(22)20-16(14)23/h3-4,7,10,14H,5-6,8-9H2,1-2H3,(H,19,25)(H,20,22,23)/i21+1. The van der Waals surface area contributed by atoms with Crippen molar-refractivity contribution in [2.75, 3.05) is 0 Å². The van der Waals surface area contributed by atoms with E-state index in [4.69, 9.17) is 4.74 Å². The Labute approximate surface area is 150 Å². The minimum atomic E-state index is -0.629. The van der Waals surface area contributed by atoms with Crippen molar-refractivity contribution < 1.29 is 23.9 Å². The van der Waals surface area contributed by atoms with Crippen LogP contribution in [0.15, 0.2) is 18.2 Å². The van der Waals surface area contributed by atoms with Crippen LogP contribution in [-0.2, 0) is 27.4 Å². The van der Waals surface area contributed by atoms with Gasteiger partial charge < -0.3 is 15.0 Å². The van der Waals surface area contributed by atoms with Crippen LogP contribution in [0.5, 0.6) is 0 Å². The molecule has 8 heteroatoms. The monoisotopic (exact) mass is 360 g/mol. The summed E-state index contributed by atoms with van der Waals surface area (Å²) in [6, 6.07) is 4.68. The van der Waals surface area contributed by atoms with E-state index in [9.17, 15) is 19.2 Å². The van der Waals surface area contributed by atoms with Crippen molar-refractivity contribution in [1.82, 2.24) is 15.5 Å². The second kappa shape index (κ2) is 7.15.